The smallest absolute Gasteiger partial charge is 0.127 e. The van der Waals surface area contributed by atoms with Gasteiger partial charge in [-0.3, -0.25) is 0 Å². The first-order valence-electron chi connectivity index (χ1n) is 5.44. The molecule has 0 saturated heterocycles. The van der Waals surface area contributed by atoms with Crippen LogP contribution < -0.4 is 9.47 Å². The fourth-order valence-electron chi connectivity index (χ4n) is 1.71. The van der Waals surface area contributed by atoms with Crippen LogP contribution in [0.1, 0.15) is 13.8 Å². The van der Waals surface area contributed by atoms with Gasteiger partial charge in [0.15, 0.2) is 0 Å². The molecule has 2 aromatic carbocycles. The van der Waals surface area contributed by atoms with Crippen LogP contribution in [0, 0.1) is 0 Å². The van der Waals surface area contributed by atoms with E-state index in [9.17, 15) is 0 Å². The highest BCUT2D eigenvalue weighted by atomic mass is 16.5. The number of ether oxygens (including phenoxy) is 2. The maximum atomic E-state index is 5.77. The Morgan fingerprint density at radius 1 is 1.06 bits per heavy atom. The first kappa shape index (κ1) is 10.8. The third kappa shape index (κ3) is 2.11. The number of rotatable bonds is 3. The second kappa shape index (κ2) is 4.44. The zero-order valence-corrected chi connectivity index (χ0v) is 9.86. The van der Waals surface area contributed by atoms with Crippen LogP contribution in [0.4, 0.5) is 0 Å². The van der Waals surface area contributed by atoms with Gasteiger partial charge in [0.25, 0.3) is 0 Å². The van der Waals surface area contributed by atoms with E-state index in [1.807, 2.05) is 44.2 Å². The number of hydrogen-bond acceptors (Lipinski definition) is 2. The highest BCUT2D eigenvalue weighted by Crippen LogP contribution is 2.29. The minimum absolute atomic E-state index is 0.178. The van der Waals surface area contributed by atoms with Crippen LogP contribution in [0.15, 0.2) is 36.4 Å². The Kier molecular flexibility index (Phi) is 3.00. The fraction of sp³-hybridized carbons (Fsp3) is 0.286. The van der Waals surface area contributed by atoms with Crippen molar-refractivity contribution in [3.05, 3.63) is 36.4 Å². The molecule has 0 fully saturated rings. The SMILES string of the molecule is COc1ccc2cccc(OC(C)C)c2c1. The van der Waals surface area contributed by atoms with E-state index in [0.717, 1.165) is 16.9 Å². The van der Waals surface area contributed by atoms with Crippen LogP contribution >= 0.6 is 0 Å². The summed E-state index contributed by atoms with van der Waals surface area (Å²) in [6.07, 6.45) is 0.178. The lowest BCUT2D eigenvalue weighted by molar-refractivity contribution is 0.245. The maximum Gasteiger partial charge on any atom is 0.127 e. The molecule has 2 rings (SSSR count). The quantitative estimate of drug-likeness (QED) is 0.780. The maximum absolute atomic E-state index is 5.77. The van der Waals surface area contributed by atoms with Crippen LogP contribution in [0.3, 0.4) is 0 Å². The molecular weight excluding hydrogens is 200 g/mol. The van der Waals surface area contributed by atoms with Crippen molar-refractivity contribution < 1.29 is 9.47 Å². The van der Waals surface area contributed by atoms with Crippen molar-refractivity contribution in [3.8, 4) is 11.5 Å². The molecule has 0 bridgehead atoms. The molecule has 0 saturated carbocycles. The van der Waals surface area contributed by atoms with Crippen LogP contribution in [-0.4, -0.2) is 13.2 Å². The Morgan fingerprint density at radius 2 is 1.88 bits per heavy atom. The number of benzene rings is 2. The molecule has 16 heavy (non-hydrogen) atoms. The molecule has 0 amide bonds. The fourth-order valence-corrected chi connectivity index (χ4v) is 1.71. The molecule has 2 heteroatoms. The normalized spacial score (nSPS) is 10.8. The van der Waals surface area contributed by atoms with Gasteiger partial charge in [-0.2, -0.15) is 0 Å². The molecular formula is C14H16O2. The summed E-state index contributed by atoms with van der Waals surface area (Å²) in [6, 6.07) is 12.1. The monoisotopic (exact) mass is 216 g/mol. The predicted molar refractivity (Wildman–Crippen MR) is 66.3 cm³/mol. The zero-order chi connectivity index (χ0) is 11.5. The van der Waals surface area contributed by atoms with Crippen molar-refractivity contribution in [2.75, 3.05) is 7.11 Å². The minimum Gasteiger partial charge on any atom is -0.497 e. The summed E-state index contributed by atoms with van der Waals surface area (Å²) in [7, 11) is 1.67. The molecule has 0 aromatic heterocycles. The summed E-state index contributed by atoms with van der Waals surface area (Å²) >= 11 is 0. The second-order valence-electron chi connectivity index (χ2n) is 4.01. The Hall–Kier alpha value is -1.70. The van der Waals surface area contributed by atoms with Gasteiger partial charge in [-0.25, -0.2) is 0 Å². The summed E-state index contributed by atoms with van der Waals surface area (Å²) in [4.78, 5) is 0. The van der Waals surface area contributed by atoms with Gasteiger partial charge in [-0.05, 0) is 37.4 Å². The van der Waals surface area contributed by atoms with Gasteiger partial charge in [0.2, 0.25) is 0 Å². The second-order valence-corrected chi connectivity index (χ2v) is 4.01. The molecule has 84 valence electrons. The van der Waals surface area contributed by atoms with Crippen LogP contribution in [0.25, 0.3) is 10.8 Å². The van der Waals surface area contributed by atoms with E-state index in [2.05, 4.69) is 6.07 Å². The molecule has 0 radical (unpaired) electrons. The van der Waals surface area contributed by atoms with Crippen LogP contribution in [0.5, 0.6) is 11.5 Å². The standard InChI is InChI=1S/C14H16O2/c1-10(2)16-14-6-4-5-11-7-8-12(15-3)9-13(11)14/h4-10H,1-3H3. The van der Waals surface area contributed by atoms with Gasteiger partial charge in [0.1, 0.15) is 11.5 Å². The summed E-state index contributed by atoms with van der Waals surface area (Å²) in [5.74, 6) is 1.76. The van der Waals surface area contributed by atoms with E-state index < -0.39 is 0 Å². The summed E-state index contributed by atoms with van der Waals surface area (Å²) < 4.78 is 11.0. The topological polar surface area (TPSA) is 18.5 Å². The van der Waals surface area contributed by atoms with Crippen molar-refractivity contribution in [1.82, 2.24) is 0 Å². The summed E-state index contributed by atoms with van der Waals surface area (Å²) in [5, 5.41) is 2.26. The molecule has 0 aliphatic carbocycles. The largest absolute Gasteiger partial charge is 0.497 e. The van der Waals surface area contributed by atoms with Gasteiger partial charge in [0.05, 0.1) is 13.2 Å². The van der Waals surface area contributed by atoms with Gasteiger partial charge in [-0.15, -0.1) is 0 Å². The van der Waals surface area contributed by atoms with Gasteiger partial charge >= 0.3 is 0 Å². The lowest BCUT2D eigenvalue weighted by atomic mass is 10.1. The number of hydrogen-bond donors (Lipinski definition) is 0. The molecule has 0 aliphatic rings. The zero-order valence-electron chi connectivity index (χ0n) is 9.86. The molecule has 0 unspecified atom stereocenters. The van der Waals surface area contributed by atoms with E-state index >= 15 is 0 Å². The van der Waals surface area contributed by atoms with Crippen LogP contribution in [-0.2, 0) is 0 Å². The molecule has 2 nitrogen and oxygen atoms in total. The first-order valence-corrected chi connectivity index (χ1v) is 5.44. The molecule has 0 spiro atoms. The van der Waals surface area contributed by atoms with E-state index in [1.165, 1.54) is 5.39 Å². The van der Waals surface area contributed by atoms with Crippen LogP contribution in [0.2, 0.25) is 0 Å². The van der Waals surface area contributed by atoms with Crippen molar-refractivity contribution in [1.29, 1.82) is 0 Å². The molecule has 0 heterocycles. The number of fused-ring (bicyclic) bond motifs is 1. The van der Waals surface area contributed by atoms with Crippen molar-refractivity contribution in [3.63, 3.8) is 0 Å². The average Bonchev–Trinajstić information content (AvgIpc) is 2.28. The Labute approximate surface area is 95.8 Å². The van der Waals surface area contributed by atoms with E-state index in [0.29, 0.717) is 0 Å². The predicted octanol–water partition coefficient (Wildman–Crippen LogP) is 3.64. The lowest BCUT2D eigenvalue weighted by Crippen LogP contribution is -2.05. The Morgan fingerprint density at radius 3 is 2.56 bits per heavy atom. The highest BCUT2D eigenvalue weighted by Gasteiger charge is 2.04. The van der Waals surface area contributed by atoms with Gasteiger partial charge in [-0.1, -0.05) is 18.2 Å². The molecule has 2 aromatic rings. The van der Waals surface area contributed by atoms with Gasteiger partial charge < -0.3 is 9.47 Å². The summed E-state index contributed by atoms with van der Waals surface area (Å²) in [5.41, 5.74) is 0. The van der Waals surface area contributed by atoms with Crippen molar-refractivity contribution >= 4 is 10.8 Å². The van der Waals surface area contributed by atoms with Gasteiger partial charge in [0, 0.05) is 5.39 Å². The van der Waals surface area contributed by atoms with E-state index in [-0.39, 0.29) is 6.10 Å². The average molecular weight is 216 g/mol. The third-order valence-electron chi connectivity index (χ3n) is 2.41. The molecule has 0 N–H and O–H groups in total. The Bertz CT molecular complexity index is 489. The van der Waals surface area contributed by atoms with Crippen molar-refractivity contribution in [2.24, 2.45) is 0 Å². The minimum atomic E-state index is 0.178. The van der Waals surface area contributed by atoms with E-state index in [4.69, 9.17) is 9.47 Å². The lowest BCUT2D eigenvalue weighted by Gasteiger charge is -2.12. The highest BCUT2D eigenvalue weighted by molar-refractivity contribution is 5.89. The first-order chi connectivity index (χ1) is 7.70. The van der Waals surface area contributed by atoms with Crippen molar-refractivity contribution in [2.45, 2.75) is 20.0 Å². The summed E-state index contributed by atoms with van der Waals surface area (Å²) in [6.45, 7) is 4.05. The Balaban J connectivity index is 2.55. The molecule has 0 aliphatic heterocycles. The third-order valence-corrected chi connectivity index (χ3v) is 2.41. The number of methoxy groups -OCH3 is 1. The van der Waals surface area contributed by atoms with E-state index in [1.54, 1.807) is 7.11 Å². The molecule has 0 atom stereocenters.